The Kier molecular flexibility index (Phi) is 14.3. The highest BCUT2D eigenvalue weighted by molar-refractivity contribution is 5.99. The molecule has 0 aliphatic heterocycles. The van der Waals surface area contributed by atoms with Gasteiger partial charge in [-0.3, -0.25) is 24.5 Å². The van der Waals surface area contributed by atoms with E-state index in [0.717, 1.165) is 31.2 Å². The molecule has 9 nitrogen and oxygen atoms in total. The lowest BCUT2D eigenvalue weighted by atomic mass is 9.95. The van der Waals surface area contributed by atoms with Crippen LogP contribution < -0.4 is 11.1 Å². The predicted octanol–water partition coefficient (Wildman–Crippen LogP) is 3.49. The van der Waals surface area contributed by atoms with Crippen LogP contribution in [0.5, 0.6) is 0 Å². The zero-order valence-corrected chi connectivity index (χ0v) is 21.4. The number of amides is 5. The molecule has 0 aliphatic rings. The number of carbonyl (C=O) groups excluding carboxylic acids is 4. The van der Waals surface area contributed by atoms with Gasteiger partial charge in [-0.1, -0.05) is 69.9 Å². The molecule has 0 radical (unpaired) electrons. The van der Waals surface area contributed by atoms with Gasteiger partial charge in [0.25, 0.3) is 5.91 Å². The number of primary amides is 1. The Morgan fingerprint density at radius 3 is 2.11 bits per heavy atom. The second-order valence-corrected chi connectivity index (χ2v) is 9.25. The summed E-state index contributed by atoms with van der Waals surface area (Å²) in [5.41, 5.74) is 6.38. The van der Waals surface area contributed by atoms with Gasteiger partial charge >= 0.3 is 6.03 Å². The van der Waals surface area contributed by atoms with Gasteiger partial charge in [-0.15, -0.1) is 0 Å². The highest BCUT2D eigenvalue weighted by Gasteiger charge is 2.29. The number of rotatable bonds is 16. The third-order valence-electron chi connectivity index (χ3n) is 5.84. The van der Waals surface area contributed by atoms with Crippen LogP contribution in [-0.2, 0) is 20.8 Å². The van der Waals surface area contributed by atoms with E-state index < -0.39 is 17.7 Å². The molecule has 0 spiro atoms. The van der Waals surface area contributed by atoms with Crippen molar-refractivity contribution in [3.05, 3.63) is 35.9 Å². The number of unbranched alkanes of at least 4 members (excludes halogenated alkanes) is 5. The van der Waals surface area contributed by atoms with Gasteiger partial charge in [0.2, 0.25) is 11.8 Å². The number of hydroxylamine groups is 2. The van der Waals surface area contributed by atoms with Gasteiger partial charge in [0, 0.05) is 26.6 Å². The Hall–Kier alpha value is -2.94. The molecule has 1 aromatic carbocycles. The number of hydrogen-bond donors (Lipinski definition) is 3. The maximum Gasteiger partial charge on any atom is 0.323 e. The minimum atomic E-state index is -1.00. The molecule has 0 saturated heterocycles. The van der Waals surface area contributed by atoms with Gasteiger partial charge in [-0.05, 0) is 37.2 Å². The predicted molar refractivity (Wildman–Crippen MR) is 134 cm³/mol. The Bertz CT molecular complexity index is 800. The highest BCUT2D eigenvalue weighted by atomic mass is 16.5. The Morgan fingerprint density at radius 1 is 0.943 bits per heavy atom. The average Bonchev–Trinajstić information content (AvgIpc) is 2.83. The Balaban J connectivity index is 2.27. The molecule has 0 fully saturated rings. The molecular weight excluding hydrogens is 448 g/mol. The van der Waals surface area contributed by atoms with E-state index in [1.165, 1.54) is 11.9 Å². The largest absolute Gasteiger partial charge is 0.369 e. The molecule has 0 bridgehead atoms. The van der Waals surface area contributed by atoms with Crippen molar-refractivity contribution in [3.63, 3.8) is 0 Å². The van der Waals surface area contributed by atoms with Crippen LogP contribution >= 0.6 is 0 Å². The molecule has 1 atom stereocenters. The first-order valence-corrected chi connectivity index (χ1v) is 12.5. The van der Waals surface area contributed by atoms with Gasteiger partial charge in [-0.2, -0.15) is 0 Å². The molecule has 1 rings (SSSR count). The maximum atomic E-state index is 12.6. The molecular formula is C26H42N4O5. The van der Waals surface area contributed by atoms with Crippen LogP contribution in [0.3, 0.4) is 0 Å². The van der Waals surface area contributed by atoms with E-state index in [-0.39, 0.29) is 24.4 Å². The summed E-state index contributed by atoms with van der Waals surface area (Å²) in [4.78, 5) is 49.8. The lowest BCUT2D eigenvalue weighted by molar-refractivity contribution is -0.172. The average molecular weight is 491 g/mol. The van der Waals surface area contributed by atoms with Gasteiger partial charge in [-0.25, -0.2) is 9.86 Å². The van der Waals surface area contributed by atoms with Gasteiger partial charge < -0.3 is 11.1 Å². The summed E-state index contributed by atoms with van der Waals surface area (Å²) in [6.45, 7) is 4.27. The molecule has 4 N–H and O–H groups in total. The third-order valence-corrected chi connectivity index (χ3v) is 5.84. The van der Waals surface area contributed by atoms with E-state index in [4.69, 9.17) is 5.73 Å². The summed E-state index contributed by atoms with van der Waals surface area (Å²) in [6.07, 6.45) is 6.01. The molecule has 0 heterocycles. The van der Waals surface area contributed by atoms with Crippen LogP contribution in [0, 0.1) is 11.8 Å². The fraction of sp³-hybridized carbons (Fsp3) is 0.615. The second-order valence-electron chi connectivity index (χ2n) is 9.25. The normalized spacial score (nSPS) is 11.7. The topological polar surface area (TPSA) is 133 Å². The summed E-state index contributed by atoms with van der Waals surface area (Å²) in [5, 5.41) is 13.1. The first kappa shape index (κ1) is 30.1. The number of benzene rings is 1. The monoisotopic (exact) mass is 490 g/mol. The van der Waals surface area contributed by atoms with Crippen molar-refractivity contribution in [1.29, 1.82) is 0 Å². The van der Waals surface area contributed by atoms with Gasteiger partial charge in [0.05, 0.1) is 0 Å². The summed E-state index contributed by atoms with van der Waals surface area (Å²) in [5.74, 6) is -2.42. The number of imide groups is 1. The summed E-state index contributed by atoms with van der Waals surface area (Å²) in [6, 6.07) is 9.35. The Labute approximate surface area is 209 Å². The summed E-state index contributed by atoms with van der Waals surface area (Å²) >= 11 is 0. The minimum absolute atomic E-state index is 0.115. The van der Waals surface area contributed by atoms with E-state index in [1.807, 2.05) is 44.2 Å². The van der Waals surface area contributed by atoms with Crippen molar-refractivity contribution < 1.29 is 24.4 Å². The van der Waals surface area contributed by atoms with Crippen molar-refractivity contribution in [2.24, 2.45) is 17.6 Å². The quantitative estimate of drug-likeness (QED) is 0.141. The Morgan fingerprint density at radius 2 is 1.54 bits per heavy atom. The fourth-order valence-corrected chi connectivity index (χ4v) is 3.84. The molecule has 0 saturated carbocycles. The zero-order valence-electron chi connectivity index (χ0n) is 21.4. The van der Waals surface area contributed by atoms with Crippen molar-refractivity contribution in [1.82, 2.24) is 15.3 Å². The fourth-order valence-electron chi connectivity index (χ4n) is 3.84. The SMILES string of the molecule is CNC(=O)N(CCc1ccccc1)C(=O)CCCCCCCCN(O)C(=O)C(CC(C)C)C(N)=O. The molecule has 1 aromatic rings. The molecule has 0 aromatic heterocycles. The van der Waals surface area contributed by atoms with Crippen LogP contribution in [0.1, 0.15) is 70.8 Å². The smallest absolute Gasteiger partial charge is 0.323 e. The number of carbonyl (C=O) groups is 4. The van der Waals surface area contributed by atoms with Crippen LogP contribution in [0.4, 0.5) is 4.79 Å². The first-order chi connectivity index (χ1) is 16.7. The van der Waals surface area contributed by atoms with Crippen LogP contribution in [0.25, 0.3) is 0 Å². The molecule has 1 unspecified atom stereocenters. The number of hydrogen-bond acceptors (Lipinski definition) is 5. The van der Waals surface area contributed by atoms with Crippen molar-refractivity contribution in [2.45, 2.75) is 71.6 Å². The van der Waals surface area contributed by atoms with Crippen LogP contribution in [0.15, 0.2) is 30.3 Å². The summed E-state index contributed by atoms with van der Waals surface area (Å²) in [7, 11) is 1.52. The number of urea groups is 1. The van der Waals surface area contributed by atoms with E-state index in [9.17, 15) is 24.4 Å². The lowest BCUT2D eigenvalue weighted by Gasteiger charge is -2.21. The zero-order chi connectivity index (χ0) is 26.2. The van der Waals surface area contributed by atoms with Crippen molar-refractivity contribution in [3.8, 4) is 0 Å². The van der Waals surface area contributed by atoms with E-state index in [0.29, 0.717) is 43.7 Å². The molecule has 0 aliphatic carbocycles. The van der Waals surface area contributed by atoms with Crippen LogP contribution in [-0.4, -0.2) is 59.1 Å². The molecule has 35 heavy (non-hydrogen) atoms. The van der Waals surface area contributed by atoms with E-state index in [1.54, 1.807) is 0 Å². The maximum absolute atomic E-state index is 12.6. The number of nitrogens with one attached hydrogen (secondary N) is 1. The lowest BCUT2D eigenvalue weighted by Crippen LogP contribution is -2.43. The number of nitrogens with zero attached hydrogens (tertiary/aromatic N) is 2. The van der Waals surface area contributed by atoms with E-state index >= 15 is 0 Å². The third kappa shape index (κ3) is 11.8. The molecule has 196 valence electrons. The number of nitrogens with two attached hydrogens (primary N) is 1. The second kappa shape index (κ2) is 16.6. The van der Waals surface area contributed by atoms with Gasteiger partial charge in [0.1, 0.15) is 5.92 Å². The van der Waals surface area contributed by atoms with Crippen molar-refractivity contribution >= 4 is 23.8 Å². The van der Waals surface area contributed by atoms with Crippen LogP contribution in [0.2, 0.25) is 0 Å². The highest BCUT2D eigenvalue weighted by Crippen LogP contribution is 2.15. The first-order valence-electron chi connectivity index (χ1n) is 12.5. The van der Waals surface area contributed by atoms with Gasteiger partial charge in [0.15, 0.2) is 0 Å². The molecule has 5 amide bonds. The summed E-state index contributed by atoms with van der Waals surface area (Å²) < 4.78 is 0. The minimum Gasteiger partial charge on any atom is -0.369 e. The van der Waals surface area contributed by atoms with Crippen molar-refractivity contribution in [2.75, 3.05) is 20.1 Å². The standard InChI is InChI=1S/C26H42N4O5/c1-20(2)19-22(24(27)32)25(33)30(35)17-12-7-5-4-6-11-15-23(31)29(26(34)28-3)18-16-21-13-9-8-10-14-21/h8-10,13-14,20,22,35H,4-7,11-12,15-19H2,1-3H3,(H2,27,32)(H,28,34). The van der Waals surface area contributed by atoms with E-state index in [2.05, 4.69) is 5.32 Å². The molecule has 9 heteroatoms.